The second-order valence-corrected chi connectivity index (χ2v) is 3.94. The minimum atomic E-state index is 0.510. The lowest BCUT2D eigenvalue weighted by atomic mass is 9.98. The van der Waals surface area contributed by atoms with E-state index in [1.165, 1.54) is 12.8 Å². The van der Waals surface area contributed by atoms with Gasteiger partial charge in [0.2, 0.25) is 0 Å². The number of hydrogen-bond acceptors (Lipinski definition) is 2. The predicted molar refractivity (Wildman–Crippen MR) is 52.9 cm³/mol. The molecule has 1 fully saturated rings. The molecule has 1 aliphatic heterocycles. The van der Waals surface area contributed by atoms with Gasteiger partial charge in [0.25, 0.3) is 0 Å². The molecule has 0 radical (unpaired) electrons. The van der Waals surface area contributed by atoms with Crippen molar-refractivity contribution in [2.75, 3.05) is 6.54 Å². The summed E-state index contributed by atoms with van der Waals surface area (Å²) in [6.07, 6.45) is 2.58. The fourth-order valence-electron chi connectivity index (χ4n) is 2.03. The summed E-state index contributed by atoms with van der Waals surface area (Å²) in [6, 6.07) is 4.76. The average Bonchev–Trinajstić information content (AvgIpc) is 2.72. The van der Waals surface area contributed by atoms with E-state index in [1.54, 1.807) is 0 Å². The second kappa shape index (κ2) is 3.54. The van der Waals surface area contributed by atoms with E-state index in [-0.39, 0.29) is 0 Å². The van der Waals surface area contributed by atoms with Crippen molar-refractivity contribution in [3.05, 3.63) is 23.7 Å². The van der Waals surface area contributed by atoms with Gasteiger partial charge in [-0.25, -0.2) is 0 Å². The Morgan fingerprint density at radius 1 is 1.54 bits per heavy atom. The van der Waals surface area contributed by atoms with Crippen LogP contribution in [0.15, 0.2) is 16.5 Å². The predicted octanol–water partition coefficient (Wildman–Crippen LogP) is 2.44. The quantitative estimate of drug-likeness (QED) is 0.754. The Hall–Kier alpha value is -0.760. The maximum atomic E-state index is 5.62. The number of hydrogen-bond donors (Lipinski definition) is 1. The molecule has 2 heteroatoms. The molecule has 0 bridgehead atoms. The zero-order valence-electron chi connectivity index (χ0n) is 8.34. The van der Waals surface area contributed by atoms with E-state index in [0.717, 1.165) is 18.1 Å². The summed E-state index contributed by atoms with van der Waals surface area (Å²) in [5.41, 5.74) is 0. The summed E-state index contributed by atoms with van der Waals surface area (Å²) < 4.78 is 5.62. The van der Waals surface area contributed by atoms with Gasteiger partial charge >= 0.3 is 0 Å². The van der Waals surface area contributed by atoms with Crippen LogP contribution in [0.5, 0.6) is 0 Å². The van der Waals surface area contributed by atoms with Crippen molar-refractivity contribution in [2.24, 2.45) is 0 Å². The van der Waals surface area contributed by atoms with Crippen LogP contribution >= 0.6 is 0 Å². The molecule has 13 heavy (non-hydrogen) atoms. The molecular formula is C11H17NO. The Morgan fingerprint density at radius 3 is 2.92 bits per heavy atom. The van der Waals surface area contributed by atoms with E-state index in [1.807, 2.05) is 13.0 Å². The molecule has 2 atom stereocenters. The summed E-state index contributed by atoms with van der Waals surface area (Å²) in [4.78, 5) is 0. The molecule has 0 aliphatic carbocycles. The minimum Gasteiger partial charge on any atom is -0.466 e. The summed E-state index contributed by atoms with van der Waals surface area (Å²) in [5, 5.41) is 3.50. The Bertz CT molecular complexity index is 273. The number of nitrogens with one attached hydrogen (secondary N) is 1. The number of furan rings is 1. The molecule has 1 N–H and O–H groups in total. The first-order valence-electron chi connectivity index (χ1n) is 5.07. The van der Waals surface area contributed by atoms with Crippen LogP contribution in [-0.4, -0.2) is 12.6 Å². The van der Waals surface area contributed by atoms with Gasteiger partial charge in [0.15, 0.2) is 0 Å². The van der Waals surface area contributed by atoms with Crippen LogP contribution in [0.3, 0.4) is 0 Å². The summed E-state index contributed by atoms with van der Waals surface area (Å²) in [6.45, 7) is 5.40. The van der Waals surface area contributed by atoms with Crippen molar-refractivity contribution >= 4 is 0 Å². The lowest BCUT2D eigenvalue weighted by molar-refractivity contribution is 0.403. The molecule has 1 saturated heterocycles. The van der Waals surface area contributed by atoms with Gasteiger partial charge in [0.05, 0.1) is 0 Å². The molecule has 2 rings (SSSR count). The highest BCUT2D eigenvalue weighted by Crippen LogP contribution is 2.25. The molecule has 1 aliphatic rings. The van der Waals surface area contributed by atoms with Crippen molar-refractivity contribution in [3.8, 4) is 0 Å². The molecular weight excluding hydrogens is 162 g/mol. The average molecular weight is 179 g/mol. The van der Waals surface area contributed by atoms with Gasteiger partial charge in [-0.1, -0.05) is 6.92 Å². The van der Waals surface area contributed by atoms with Gasteiger partial charge in [0, 0.05) is 12.0 Å². The van der Waals surface area contributed by atoms with Crippen LogP contribution in [-0.2, 0) is 0 Å². The van der Waals surface area contributed by atoms with E-state index in [2.05, 4.69) is 18.3 Å². The van der Waals surface area contributed by atoms with Crippen molar-refractivity contribution in [1.82, 2.24) is 5.32 Å². The van der Waals surface area contributed by atoms with E-state index >= 15 is 0 Å². The largest absolute Gasteiger partial charge is 0.466 e. The first-order valence-corrected chi connectivity index (χ1v) is 5.07. The monoisotopic (exact) mass is 179 g/mol. The van der Waals surface area contributed by atoms with Crippen molar-refractivity contribution in [3.63, 3.8) is 0 Å². The van der Waals surface area contributed by atoms with Crippen LogP contribution in [0, 0.1) is 6.92 Å². The summed E-state index contributed by atoms with van der Waals surface area (Å²) in [7, 11) is 0. The highest BCUT2D eigenvalue weighted by molar-refractivity contribution is 5.12. The van der Waals surface area contributed by atoms with Crippen LogP contribution in [0.25, 0.3) is 0 Å². The topological polar surface area (TPSA) is 25.2 Å². The molecule has 0 saturated carbocycles. The lowest BCUT2D eigenvalue weighted by Gasteiger charge is -2.16. The first-order chi connectivity index (χ1) is 6.27. The standard InChI is InChI=1S/C11H17NO/c1-8-5-6-11(13-8)9(2)10-4-3-7-12-10/h5-6,9-10,12H,3-4,7H2,1-2H3. The molecule has 1 aromatic rings. The Kier molecular flexibility index (Phi) is 2.40. The zero-order chi connectivity index (χ0) is 9.26. The molecule has 0 aromatic carbocycles. The Labute approximate surface area is 79.3 Å². The second-order valence-electron chi connectivity index (χ2n) is 3.94. The van der Waals surface area contributed by atoms with Crippen LogP contribution < -0.4 is 5.32 Å². The number of rotatable bonds is 2. The van der Waals surface area contributed by atoms with Gasteiger partial charge in [-0.3, -0.25) is 0 Å². The molecule has 0 amide bonds. The molecule has 2 nitrogen and oxygen atoms in total. The third kappa shape index (κ3) is 1.78. The van der Waals surface area contributed by atoms with Crippen LogP contribution in [0.1, 0.15) is 37.2 Å². The van der Waals surface area contributed by atoms with E-state index in [0.29, 0.717) is 12.0 Å². The molecule has 1 aromatic heterocycles. The van der Waals surface area contributed by atoms with Crippen LogP contribution in [0.2, 0.25) is 0 Å². The maximum Gasteiger partial charge on any atom is 0.108 e. The van der Waals surface area contributed by atoms with Crippen molar-refractivity contribution in [2.45, 2.75) is 38.6 Å². The van der Waals surface area contributed by atoms with Gasteiger partial charge in [0.1, 0.15) is 11.5 Å². The first kappa shape index (κ1) is 8.82. The van der Waals surface area contributed by atoms with E-state index < -0.39 is 0 Å². The highest BCUT2D eigenvalue weighted by atomic mass is 16.3. The van der Waals surface area contributed by atoms with E-state index in [9.17, 15) is 0 Å². The van der Waals surface area contributed by atoms with Crippen LogP contribution in [0.4, 0.5) is 0 Å². The fourth-order valence-corrected chi connectivity index (χ4v) is 2.03. The molecule has 2 unspecified atom stereocenters. The highest BCUT2D eigenvalue weighted by Gasteiger charge is 2.23. The summed E-state index contributed by atoms with van der Waals surface area (Å²) in [5.74, 6) is 2.65. The third-order valence-electron chi connectivity index (χ3n) is 2.91. The Balaban J connectivity index is 2.07. The van der Waals surface area contributed by atoms with Crippen molar-refractivity contribution in [1.29, 1.82) is 0 Å². The van der Waals surface area contributed by atoms with E-state index in [4.69, 9.17) is 4.42 Å². The zero-order valence-corrected chi connectivity index (χ0v) is 8.34. The Morgan fingerprint density at radius 2 is 2.38 bits per heavy atom. The van der Waals surface area contributed by atoms with Gasteiger partial charge in [-0.15, -0.1) is 0 Å². The number of aryl methyl sites for hydroxylation is 1. The maximum absolute atomic E-state index is 5.62. The SMILES string of the molecule is Cc1ccc(C(C)C2CCCN2)o1. The van der Waals surface area contributed by atoms with Crippen molar-refractivity contribution < 1.29 is 4.42 Å². The smallest absolute Gasteiger partial charge is 0.108 e. The van der Waals surface area contributed by atoms with Gasteiger partial charge in [-0.05, 0) is 38.4 Å². The summed E-state index contributed by atoms with van der Waals surface area (Å²) >= 11 is 0. The minimum absolute atomic E-state index is 0.510. The fraction of sp³-hybridized carbons (Fsp3) is 0.636. The molecule has 0 spiro atoms. The molecule has 72 valence electrons. The third-order valence-corrected chi connectivity index (χ3v) is 2.91. The molecule has 2 heterocycles. The van der Waals surface area contributed by atoms with Gasteiger partial charge < -0.3 is 9.73 Å². The van der Waals surface area contributed by atoms with Gasteiger partial charge in [-0.2, -0.15) is 0 Å². The lowest BCUT2D eigenvalue weighted by Crippen LogP contribution is -2.26. The normalized spacial score (nSPS) is 24.9.